The van der Waals surface area contributed by atoms with Gasteiger partial charge in [0.2, 0.25) is 0 Å². The zero-order valence-electron chi connectivity index (χ0n) is 8.90. The van der Waals surface area contributed by atoms with Crippen molar-refractivity contribution in [1.82, 2.24) is 10.2 Å². The molecule has 84 valence electrons. The second kappa shape index (κ2) is 5.06. The smallest absolute Gasteiger partial charge is 0.174 e. The van der Waals surface area contributed by atoms with Crippen molar-refractivity contribution in [3.05, 3.63) is 5.01 Å². The molecule has 0 amide bonds. The maximum atomic E-state index is 4.51. The van der Waals surface area contributed by atoms with Crippen LogP contribution in [0, 0.1) is 12.3 Å². The summed E-state index contributed by atoms with van der Waals surface area (Å²) in [6.45, 7) is 2.01. The van der Waals surface area contributed by atoms with Crippen molar-refractivity contribution in [1.29, 1.82) is 0 Å². The number of hydrogen-bond donors (Lipinski definition) is 1. The van der Waals surface area contributed by atoms with Crippen LogP contribution in [0.2, 0.25) is 0 Å². The fourth-order valence-corrected chi connectivity index (χ4v) is 4.71. The molecule has 1 fully saturated rings. The van der Waals surface area contributed by atoms with E-state index in [0.717, 1.165) is 20.9 Å². The molecule has 1 aliphatic carbocycles. The summed E-state index contributed by atoms with van der Waals surface area (Å²) in [5, 5.41) is 9.25. The highest BCUT2D eigenvalue weighted by Gasteiger charge is 2.32. The van der Waals surface area contributed by atoms with Crippen LogP contribution in [0.15, 0.2) is 4.34 Å². The summed E-state index contributed by atoms with van der Waals surface area (Å²) in [5.41, 5.74) is 0.466. The number of nitrogens with zero attached hydrogens (tertiary/aromatic N) is 2. The van der Waals surface area contributed by atoms with E-state index in [2.05, 4.69) is 22.8 Å². The van der Waals surface area contributed by atoms with Gasteiger partial charge in [0.05, 0.1) is 0 Å². The molecule has 0 unspecified atom stereocenters. The van der Waals surface area contributed by atoms with Crippen LogP contribution in [0.1, 0.15) is 30.7 Å². The Morgan fingerprint density at radius 3 is 2.67 bits per heavy atom. The zero-order valence-corrected chi connectivity index (χ0v) is 11.4. The number of thioether (sulfide) groups is 1. The lowest BCUT2D eigenvalue weighted by Crippen LogP contribution is -2.21. The third-order valence-electron chi connectivity index (χ3n) is 3.01. The van der Waals surface area contributed by atoms with Gasteiger partial charge in [-0.25, -0.2) is 0 Å². The molecule has 0 bridgehead atoms. The van der Waals surface area contributed by atoms with Crippen LogP contribution in [0.25, 0.3) is 0 Å². The summed E-state index contributed by atoms with van der Waals surface area (Å²) in [4.78, 5) is 0. The molecule has 0 saturated heterocycles. The molecule has 0 aromatic carbocycles. The minimum atomic E-state index is 0.466. The highest BCUT2D eigenvalue weighted by Crippen LogP contribution is 2.43. The average molecular weight is 260 g/mol. The summed E-state index contributed by atoms with van der Waals surface area (Å²) in [7, 11) is 0. The van der Waals surface area contributed by atoms with Crippen LogP contribution < -0.4 is 0 Å². The van der Waals surface area contributed by atoms with Gasteiger partial charge < -0.3 is 0 Å². The molecule has 0 aliphatic heterocycles. The summed E-state index contributed by atoms with van der Waals surface area (Å²) < 4.78 is 1.11. The maximum Gasteiger partial charge on any atom is 0.174 e. The summed E-state index contributed by atoms with van der Waals surface area (Å²) in [5.74, 6) is 2.17. The molecule has 5 heteroatoms. The third-order valence-corrected chi connectivity index (χ3v) is 6.00. The molecule has 2 nitrogen and oxygen atoms in total. The Hall–Kier alpha value is 0.260. The van der Waals surface area contributed by atoms with Crippen LogP contribution in [0.5, 0.6) is 0 Å². The Labute approximate surface area is 105 Å². The number of hydrogen-bond acceptors (Lipinski definition) is 5. The first-order valence-electron chi connectivity index (χ1n) is 5.28. The first kappa shape index (κ1) is 11.7. The van der Waals surface area contributed by atoms with Gasteiger partial charge in [0, 0.05) is 5.75 Å². The minimum absolute atomic E-state index is 0.466. The van der Waals surface area contributed by atoms with Crippen LogP contribution in [0.3, 0.4) is 0 Å². The Balaban J connectivity index is 1.91. The van der Waals surface area contributed by atoms with E-state index >= 15 is 0 Å². The second-order valence-corrected chi connectivity index (χ2v) is 6.96. The number of rotatable bonds is 4. The van der Waals surface area contributed by atoms with Crippen molar-refractivity contribution in [2.75, 3.05) is 11.5 Å². The average Bonchev–Trinajstić information content (AvgIpc) is 2.85. The maximum absolute atomic E-state index is 4.51. The summed E-state index contributed by atoms with van der Waals surface area (Å²) in [6.07, 6.45) is 5.41. The molecule has 2 rings (SSSR count). The van der Waals surface area contributed by atoms with Gasteiger partial charge in [-0.1, -0.05) is 35.9 Å². The highest BCUT2D eigenvalue weighted by molar-refractivity contribution is 8.01. The zero-order chi connectivity index (χ0) is 10.7. The third kappa shape index (κ3) is 2.88. The summed E-state index contributed by atoms with van der Waals surface area (Å²) >= 11 is 8.06. The van der Waals surface area contributed by atoms with Gasteiger partial charge in [0.25, 0.3) is 0 Å². The van der Waals surface area contributed by atoms with Crippen molar-refractivity contribution in [2.24, 2.45) is 5.41 Å². The van der Waals surface area contributed by atoms with E-state index in [1.807, 2.05) is 18.7 Å². The number of aryl methyl sites for hydroxylation is 1. The van der Waals surface area contributed by atoms with Gasteiger partial charge in [-0.3, -0.25) is 0 Å². The molecule has 15 heavy (non-hydrogen) atoms. The molecule has 0 radical (unpaired) electrons. The molecule has 1 aliphatic rings. The topological polar surface area (TPSA) is 25.8 Å². The molecule has 1 aromatic rings. The Kier molecular flexibility index (Phi) is 3.96. The first-order chi connectivity index (χ1) is 7.24. The lowest BCUT2D eigenvalue weighted by Gasteiger charge is -2.25. The van der Waals surface area contributed by atoms with E-state index in [0.29, 0.717) is 5.41 Å². The SMILES string of the molecule is Cc1nnc(SCC2(CS)CCCC2)s1. The van der Waals surface area contributed by atoms with Crippen LogP contribution in [-0.2, 0) is 0 Å². The van der Waals surface area contributed by atoms with Crippen LogP contribution in [-0.4, -0.2) is 21.7 Å². The van der Waals surface area contributed by atoms with Crippen molar-refractivity contribution in [2.45, 2.75) is 36.9 Å². The molecule has 0 atom stereocenters. The fourth-order valence-electron chi connectivity index (χ4n) is 2.02. The van der Waals surface area contributed by atoms with E-state index in [-0.39, 0.29) is 0 Å². The Morgan fingerprint density at radius 2 is 2.13 bits per heavy atom. The highest BCUT2D eigenvalue weighted by atomic mass is 32.2. The van der Waals surface area contributed by atoms with E-state index in [1.165, 1.54) is 25.7 Å². The van der Waals surface area contributed by atoms with Crippen molar-refractivity contribution < 1.29 is 0 Å². The predicted octanol–water partition coefficient (Wildman–Crippen LogP) is 3.43. The lowest BCUT2D eigenvalue weighted by atomic mass is 9.91. The van der Waals surface area contributed by atoms with Gasteiger partial charge in [-0.2, -0.15) is 12.6 Å². The fraction of sp³-hybridized carbons (Fsp3) is 0.800. The van der Waals surface area contributed by atoms with Gasteiger partial charge in [0.1, 0.15) is 5.01 Å². The molecular weight excluding hydrogens is 244 g/mol. The van der Waals surface area contributed by atoms with E-state index in [1.54, 1.807) is 11.3 Å². The van der Waals surface area contributed by atoms with E-state index in [9.17, 15) is 0 Å². The van der Waals surface area contributed by atoms with Crippen LogP contribution in [0.4, 0.5) is 0 Å². The molecule has 1 heterocycles. The molecule has 1 saturated carbocycles. The van der Waals surface area contributed by atoms with Gasteiger partial charge in [-0.05, 0) is 30.9 Å². The predicted molar refractivity (Wildman–Crippen MR) is 70.1 cm³/mol. The van der Waals surface area contributed by atoms with Gasteiger partial charge in [-0.15, -0.1) is 10.2 Å². The van der Waals surface area contributed by atoms with Crippen molar-refractivity contribution in [3.63, 3.8) is 0 Å². The Bertz CT molecular complexity index is 318. The Morgan fingerprint density at radius 1 is 1.40 bits per heavy atom. The number of thiol groups is 1. The summed E-state index contributed by atoms with van der Waals surface area (Å²) in [6, 6.07) is 0. The normalized spacial score (nSPS) is 19.6. The molecule has 0 N–H and O–H groups in total. The monoisotopic (exact) mass is 260 g/mol. The largest absolute Gasteiger partial charge is 0.179 e. The van der Waals surface area contributed by atoms with Crippen molar-refractivity contribution >= 4 is 35.7 Å². The molecular formula is C10H16N2S3. The van der Waals surface area contributed by atoms with Crippen molar-refractivity contribution in [3.8, 4) is 0 Å². The van der Waals surface area contributed by atoms with Gasteiger partial charge >= 0.3 is 0 Å². The first-order valence-corrected chi connectivity index (χ1v) is 7.71. The van der Waals surface area contributed by atoms with E-state index in [4.69, 9.17) is 0 Å². The van der Waals surface area contributed by atoms with Gasteiger partial charge in [0.15, 0.2) is 4.34 Å². The minimum Gasteiger partial charge on any atom is -0.179 e. The lowest BCUT2D eigenvalue weighted by molar-refractivity contribution is 0.403. The molecule has 1 aromatic heterocycles. The second-order valence-electron chi connectivity index (χ2n) is 4.24. The quantitative estimate of drug-likeness (QED) is 0.663. The molecule has 0 spiro atoms. The standard InChI is InChI=1S/C10H16N2S3/c1-8-11-12-9(15-8)14-7-10(6-13)4-2-3-5-10/h13H,2-7H2,1H3. The number of aromatic nitrogens is 2. The van der Waals surface area contributed by atoms with E-state index < -0.39 is 0 Å². The van der Waals surface area contributed by atoms with Crippen LogP contribution >= 0.6 is 35.7 Å².